The van der Waals surface area contributed by atoms with Gasteiger partial charge in [0.15, 0.2) is 0 Å². The van der Waals surface area contributed by atoms with Crippen LogP contribution in [0.4, 0.5) is 0 Å². The molecule has 0 bridgehead atoms. The summed E-state index contributed by atoms with van der Waals surface area (Å²) >= 11 is 0. The molecule has 2 amide bonds. The maximum Gasteiger partial charge on any atom is 0.252 e. The molecule has 6 heteroatoms. The summed E-state index contributed by atoms with van der Waals surface area (Å²) in [5.74, 6) is -0.399. The van der Waals surface area contributed by atoms with Gasteiger partial charge in [-0.2, -0.15) is 0 Å². The Morgan fingerprint density at radius 1 is 0.524 bits per heavy atom. The third-order valence-corrected chi connectivity index (χ3v) is 7.52. The topological polar surface area (TPSA) is 84.0 Å². The number of para-hydroxylation sites is 2. The highest BCUT2D eigenvalue weighted by molar-refractivity contribution is 6.10. The van der Waals surface area contributed by atoms with E-state index >= 15 is 0 Å². The molecule has 0 radical (unpaired) electrons. The molecule has 0 saturated heterocycles. The monoisotopic (exact) mass is 550 g/mol. The van der Waals surface area contributed by atoms with E-state index in [1.807, 2.05) is 123 Å². The van der Waals surface area contributed by atoms with Crippen LogP contribution in [0.5, 0.6) is 0 Å². The van der Waals surface area contributed by atoms with E-state index in [1.165, 1.54) is 0 Å². The van der Waals surface area contributed by atoms with Crippen LogP contribution in [0.2, 0.25) is 0 Å². The molecule has 2 heterocycles. The van der Waals surface area contributed by atoms with Crippen LogP contribution in [0, 0.1) is 13.8 Å². The van der Waals surface area contributed by atoms with Gasteiger partial charge in [0.25, 0.3) is 11.8 Å². The Morgan fingerprint density at radius 3 is 1.29 bits per heavy atom. The third-order valence-electron chi connectivity index (χ3n) is 7.52. The van der Waals surface area contributed by atoms with Crippen molar-refractivity contribution < 1.29 is 9.59 Å². The number of hydrogen-bond acceptors (Lipinski definition) is 4. The predicted molar refractivity (Wildman–Crippen MR) is 168 cm³/mol. The van der Waals surface area contributed by atoms with E-state index in [0.29, 0.717) is 11.1 Å². The maximum absolute atomic E-state index is 13.5. The summed E-state index contributed by atoms with van der Waals surface area (Å²) in [6.07, 6.45) is 0. The van der Waals surface area contributed by atoms with Gasteiger partial charge < -0.3 is 10.6 Å². The Hall–Kier alpha value is -5.36. The number of benzene rings is 4. The van der Waals surface area contributed by atoms with Crippen LogP contribution < -0.4 is 10.6 Å². The van der Waals surface area contributed by atoms with Gasteiger partial charge in [-0.3, -0.25) is 9.59 Å². The van der Waals surface area contributed by atoms with Crippen molar-refractivity contribution in [3.63, 3.8) is 0 Å². The number of hydrogen-bond donors (Lipinski definition) is 2. The Balaban J connectivity index is 1.23. The van der Waals surface area contributed by atoms with E-state index in [2.05, 4.69) is 10.6 Å². The number of pyridine rings is 2. The first-order valence-electron chi connectivity index (χ1n) is 14.0. The van der Waals surface area contributed by atoms with Crippen LogP contribution >= 0.6 is 0 Å². The van der Waals surface area contributed by atoms with Crippen molar-refractivity contribution in [3.05, 3.63) is 131 Å². The highest BCUT2D eigenvalue weighted by Gasteiger charge is 2.20. The number of nitrogens with zero attached hydrogens (tertiary/aromatic N) is 2. The molecule has 0 saturated carbocycles. The molecule has 0 fully saturated rings. The summed E-state index contributed by atoms with van der Waals surface area (Å²) in [5, 5.41) is 7.62. The van der Waals surface area contributed by atoms with E-state index in [4.69, 9.17) is 9.97 Å². The van der Waals surface area contributed by atoms with E-state index in [1.54, 1.807) is 0 Å². The van der Waals surface area contributed by atoms with E-state index in [0.717, 1.165) is 55.4 Å². The standard InChI is InChI=1S/C36H30N4O2/c1-23-31(27-17-9-11-19-29(27)39-33(23)25-13-5-3-6-14-25)35(41)37-21-22-38-36(42)32-24(2)34(26-15-7-4-8-16-26)40-30-20-12-10-18-28(30)32/h3-20H,21-22H2,1-2H3,(H,37,41)(H,38,42). The molecule has 6 rings (SSSR count). The van der Waals surface area contributed by atoms with Crippen LogP contribution in [-0.4, -0.2) is 34.9 Å². The number of nitrogens with one attached hydrogen (secondary N) is 2. The van der Waals surface area contributed by atoms with Crippen molar-refractivity contribution in [1.82, 2.24) is 20.6 Å². The minimum Gasteiger partial charge on any atom is -0.350 e. The summed E-state index contributed by atoms with van der Waals surface area (Å²) in [6, 6.07) is 35.1. The van der Waals surface area contributed by atoms with Crippen LogP contribution in [0.25, 0.3) is 44.3 Å². The van der Waals surface area contributed by atoms with E-state index in [-0.39, 0.29) is 24.9 Å². The van der Waals surface area contributed by atoms with Crippen molar-refractivity contribution in [2.45, 2.75) is 13.8 Å². The van der Waals surface area contributed by atoms with Gasteiger partial charge in [-0.25, -0.2) is 9.97 Å². The number of carbonyl (C=O) groups is 2. The van der Waals surface area contributed by atoms with Crippen molar-refractivity contribution in [1.29, 1.82) is 0 Å². The van der Waals surface area contributed by atoms with E-state index in [9.17, 15) is 9.59 Å². The molecule has 0 aliphatic carbocycles. The smallest absolute Gasteiger partial charge is 0.252 e. The number of rotatable bonds is 7. The van der Waals surface area contributed by atoms with Crippen molar-refractivity contribution in [2.24, 2.45) is 0 Å². The normalized spacial score (nSPS) is 11.0. The quantitative estimate of drug-likeness (QED) is 0.212. The van der Waals surface area contributed by atoms with Crippen LogP contribution in [0.15, 0.2) is 109 Å². The summed E-state index contributed by atoms with van der Waals surface area (Å²) < 4.78 is 0. The van der Waals surface area contributed by atoms with Gasteiger partial charge in [-0.15, -0.1) is 0 Å². The Morgan fingerprint density at radius 2 is 0.881 bits per heavy atom. The fourth-order valence-corrected chi connectivity index (χ4v) is 5.48. The number of fused-ring (bicyclic) bond motifs is 2. The SMILES string of the molecule is Cc1c(-c2ccccc2)nc2ccccc2c1C(=O)NCCNC(=O)c1c(C)c(-c2ccccc2)nc2ccccc12. The molecule has 0 spiro atoms. The van der Waals surface area contributed by atoms with Gasteiger partial charge in [0.1, 0.15) is 0 Å². The first-order valence-corrected chi connectivity index (χ1v) is 14.0. The zero-order valence-electron chi connectivity index (χ0n) is 23.5. The third kappa shape index (κ3) is 5.10. The molecule has 42 heavy (non-hydrogen) atoms. The van der Waals surface area contributed by atoms with Crippen LogP contribution in [-0.2, 0) is 0 Å². The lowest BCUT2D eigenvalue weighted by Crippen LogP contribution is -2.35. The zero-order valence-corrected chi connectivity index (χ0v) is 23.5. The molecule has 2 N–H and O–H groups in total. The van der Waals surface area contributed by atoms with Gasteiger partial charge in [-0.05, 0) is 37.1 Å². The first kappa shape index (κ1) is 26.8. The average molecular weight is 551 g/mol. The van der Waals surface area contributed by atoms with Crippen LogP contribution in [0.3, 0.4) is 0 Å². The summed E-state index contributed by atoms with van der Waals surface area (Å²) in [6.45, 7) is 4.41. The molecular weight excluding hydrogens is 520 g/mol. The second-order valence-electron chi connectivity index (χ2n) is 10.2. The summed E-state index contributed by atoms with van der Waals surface area (Å²) in [5.41, 5.74) is 7.80. The second-order valence-corrected chi connectivity index (χ2v) is 10.2. The molecule has 6 aromatic rings. The molecule has 206 valence electrons. The van der Waals surface area contributed by atoms with Crippen molar-refractivity contribution in [2.75, 3.05) is 13.1 Å². The minimum absolute atomic E-state index is 0.200. The molecule has 2 aromatic heterocycles. The Bertz CT molecular complexity index is 1790. The Labute approximate surface area is 244 Å². The van der Waals surface area contributed by atoms with Gasteiger partial charge in [-0.1, -0.05) is 97.1 Å². The lowest BCUT2D eigenvalue weighted by molar-refractivity contribution is 0.0928. The average Bonchev–Trinajstić information content (AvgIpc) is 3.03. The fourth-order valence-electron chi connectivity index (χ4n) is 5.48. The lowest BCUT2D eigenvalue weighted by Gasteiger charge is -2.16. The summed E-state index contributed by atoms with van der Waals surface area (Å²) in [4.78, 5) is 36.8. The highest BCUT2D eigenvalue weighted by atomic mass is 16.2. The molecule has 0 aliphatic rings. The highest BCUT2D eigenvalue weighted by Crippen LogP contribution is 2.31. The molecule has 0 atom stereocenters. The zero-order chi connectivity index (χ0) is 29.1. The maximum atomic E-state index is 13.5. The molecular formula is C36H30N4O2. The fraction of sp³-hybridized carbons (Fsp3) is 0.111. The van der Waals surface area contributed by atoms with E-state index < -0.39 is 0 Å². The van der Waals surface area contributed by atoms with Gasteiger partial charge in [0, 0.05) is 35.0 Å². The van der Waals surface area contributed by atoms with Gasteiger partial charge in [0.05, 0.1) is 33.5 Å². The lowest BCUT2D eigenvalue weighted by atomic mass is 9.97. The van der Waals surface area contributed by atoms with Crippen molar-refractivity contribution >= 4 is 33.6 Å². The number of carbonyl (C=O) groups excluding carboxylic acids is 2. The molecule has 4 aromatic carbocycles. The first-order chi connectivity index (χ1) is 20.5. The van der Waals surface area contributed by atoms with Crippen molar-refractivity contribution in [3.8, 4) is 22.5 Å². The molecule has 0 aliphatic heterocycles. The number of amides is 2. The van der Waals surface area contributed by atoms with Gasteiger partial charge >= 0.3 is 0 Å². The van der Waals surface area contributed by atoms with Gasteiger partial charge in [0.2, 0.25) is 0 Å². The largest absolute Gasteiger partial charge is 0.350 e. The summed E-state index contributed by atoms with van der Waals surface area (Å²) in [7, 11) is 0. The minimum atomic E-state index is -0.200. The molecule has 0 unspecified atom stereocenters. The predicted octanol–water partition coefficient (Wildman–Crippen LogP) is 6.89. The van der Waals surface area contributed by atoms with Crippen LogP contribution in [0.1, 0.15) is 31.8 Å². The Kier molecular flexibility index (Phi) is 7.43. The second kappa shape index (κ2) is 11.6. The number of aromatic nitrogens is 2. The molecule has 6 nitrogen and oxygen atoms in total.